The molecule has 2 aromatic carbocycles. The Morgan fingerprint density at radius 1 is 1.07 bits per heavy atom. The molecule has 29 heavy (non-hydrogen) atoms. The van der Waals surface area contributed by atoms with Gasteiger partial charge in [-0.2, -0.15) is 0 Å². The van der Waals surface area contributed by atoms with E-state index in [0.29, 0.717) is 29.5 Å². The van der Waals surface area contributed by atoms with Crippen molar-refractivity contribution >= 4 is 34.9 Å². The molecule has 0 saturated carbocycles. The normalized spacial score (nSPS) is 14.9. The fourth-order valence-corrected chi connectivity index (χ4v) is 3.24. The molecule has 0 radical (unpaired) electrons. The number of carbonyl (C=O) groups is 2. The van der Waals surface area contributed by atoms with Crippen molar-refractivity contribution < 1.29 is 14.3 Å². The molecule has 2 aromatic rings. The summed E-state index contributed by atoms with van der Waals surface area (Å²) in [6.07, 6.45) is 0. The van der Waals surface area contributed by atoms with Gasteiger partial charge in [-0.15, -0.1) is 0 Å². The van der Waals surface area contributed by atoms with Crippen LogP contribution >= 0.6 is 11.6 Å². The number of nitrogens with zero attached hydrogens (tertiary/aromatic N) is 2. The van der Waals surface area contributed by atoms with Crippen LogP contribution in [-0.2, 0) is 4.79 Å². The summed E-state index contributed by atoms with van der Waals surface area (Å²) in [4.78, 5) is 28.9. The predicted molar refractivity (Wildman–Crippen MR) is 115 cm³/mol. The minimum atomic E-state index is -0.664. The highest BCUT2D eigenvalue weighted by Gasteiger charge is 2.24. The summed E-state index contributed by atoms with van der Waals surface area (Å²) in [5.74, 6) is 0.365. The molecule has 7 nitrogen and oxygen atoms in total. The van der Waals surface area contributed by atoms with Crippen LogP contribution in [0.4, 0.5) is 16.2 Å². The average molecular weight is 417 g/mol. The Labute approximate surface area is 175 Å². The molecular formula is C21H25ClN4O3. The maximum absolute atomic E-state index is 12.5. The number of piperazine rings is 1. The highest BCUT2D eigenvalue weighted by Crippen LogP contribution is 2.20. The molecule has 0 bridgehead atoms. The zero-order chi connectivity index (χ0) is 20.8. The molecule has 3 amide bonds. The smallest absolute Gasteiger partial charge is 0.318 e. The standard InChI is InChI=1S/C21H25ClN4O3/c1-15(20(27)24-17-4-3-5-19(14-17)29-2)23-21(28)26-12-10-25(11-13-26)18-8-6-16(22)7-9-18/h3-9,14-15H,10-13H2,1-2H3,(H,23,28)(H,24,27)/t15-/m1/s1. The molecule has 1 aliphatic heterocycles. The first kappa shape index (κ1) is 20.8. The number of nitrogens with one attached hydrogen (secondary N) is 2. The van der Waals surface area contributed by atoms with Crippen molar-refractivity contribution in [3.63, 3.8) is 0 Å². The van der Waals surface area contributed by atoms with Crippen molar-refractivity contribution in [3.05, 3.63) is 53.6 Å². The van der Waals surface area contributed by atoms with Crippen LogP contribution in [0.25, 0.3) is 0 Å². The SMILES string of the molecule is COc1cccc(NC(=O)[C@@H](C)NC(=O)N2CCN(c3ccc(Cl)cc3)CC2)c1. The molecular weight excluding hydrogens is 392 g/mol. The second-order valence-electron chi connectivity index (χ2n) is 6.84. The third kappa shape index (κ3) is 5.54. The number of hydrogen-bond acceptors (Lipinski definition) is 4. The summed E-state index contributed by atoms with van der Waals surface area (Å²) in [5.41, 5.74) is 1.70. The predicted octanol–water partition coefficient (Wildman–Crippen LogP) is 3.21. The Morgan fingerprint density at radius 3 is 2.41 bits per heavy atom. The molecule has 1 heterocycles. The average Bonchev–Trinajstić information content (AvgIpc) is 2.74. The molecule has 8 heteroatoms. The molecule has 1 fully saturated rings. The van der Waals surface area contributed by atoms with Crippen LogP contribution in [-0.4, -0.2) is 56.2 Å². The molecule has 1 aliphatic rings. The number of amides is 3. The van der Waals surface area contributed by atoms with Crippen LogP contribution in [0.5, 0.6) is 5.75 Å². The maximum atomic E-state index is 12.5. The molecule has 1 saturated heterocycles. The van der Waals surface area contributed by atoms with E-state index in [-0.39, 0.29) is 11.9 Å². The number of hydrogen-bond donors (Lipinski definition) is 2. The third-order valence-electron chi connectivity index (χ3n) is 4.83. The van der Waals surface area contributed by atoms with Crippen molar-refractivity contribution in [1.82, 2.24) is 10.2 Å². The lowest BCUT2D eigenvalue weighted by atomic mass is 10.2. The molecule has 0 aromatic heterocycles. The van der Waals surface area contributed by atoms with Crippen molar-refractivity contribution in [2.75, 3.05) is 43.5 Å². The number of urea groups is 1. The van der Waals surface area contributed by atoms with Gasteiger partial charge in [0.1, 0.15) is 11.8 Å². The van der Waals surface area contributed by atoms with Gasteiger partial charge in [0, 0.05) is 48.6 Å². The molecule has 0 unspecified atom stereocenters. The van der Waals surface area contributed by atoms with Crippen molar-refractivity contribution in [2.45, 2.75) is 13.0 Å². The number of methoxy groups -OCH3 is 1. The lowest BCUT2D eigenvalue weighted by molar-refractivity contribution is -0.117. The first-order valence-corrected chi connectivity index (χ1v) is 9.85. The number of ether oxygens (including phenoxy) is 1. The highest BCUT2D eigenvalue weighted by atomic mass is 35.5. The Balaban J connectivity index is 1.48. The van der Waals surface area contributed by atoms with Crippen LogP contribution in [0, 0.1) is 0 Å². The zero-order valence-corrected chi connectivity index (χ0v) is 17.3. The van der Waals surface area contributed by atoms with Gasteiger partial charge in [0.15, 0.2) is 0 Å². The van der Waals surface area contributed by atoms with E-state index in [9.17, 15) is 9.59 Å². The van der Waals surface area contributed by atoms with Gasteiger partial charge in [-0.3, -0.25) is 4.79 Å². The van der Waals surface area contributed by atoms with Gasteiger partial charge < -0.3 is 25.2 Å². The fraction of sp³-hybridized carbons (Fsp3) is 0.333. The largest absolute Gasteiger partial charge is 0.497 e. The van der Waals surface area contributed by atoms with E-state index in [1.54, 1.807) is 43.2 Å². The Morgan fingerprint density at radius 2 is 1.76 bits per heavy atom. The zero-order valence-electron chi connectivity index (χ0n) is 16.5. The van der Waals surface area contributed by atoms with Crippen molar-refractivity contribution in [1.29, 1.82) is 0 Å². The Bertz CT molecular complexity index is 851. The van der Waals surface area contributed by atoms with E-state index in [2.05, 4.69) is 15.5 Å². The second-order valence-corrected chi connectivity index (χ2v) is 7.28. The summed E-state index contributed by atoms with van der Waals surface area (Å²) in [6, 6.07) is 13.8. The van der Waals surface area contributed by atoms with Crippen molar-refractivity contribution in [3.8, 4) is 5.75 Å². The summed E-state index contributed by atoms with van der Waals surface area (Å²) in [6.45, 7) is 4.27. The fourth-order valence-electron chi connectivity index (χ4n) is 3.11. The topological polar surface area (TPSA) is 73.9 Å². The Hall–Kier alpha value is -2.93. The second kappa shape index (κ2) is 9.52. The van der Waals surface area contributed by atoms with Crippen LogP contribution < -0.4 is 20.3 Å². The van der Waals surface area contributed by atoms with Gasteiger partial charge in [0.25, 0.3) is 0 Å². The van der Waals surface area contributed by atoms with Gasteiger partial charge in [-0.05, 0) is 43.3 Å². The van der Waals surface area contributed by atoms with E-state index in [4.69, 9.17) is 16.3 Å². The lowest BCUT2D eigenvalue weighted by Gasteiger charge is -2.36. The minimum absolute atomic E-state index is 0.242. The quantitative estimate of drug-likeness (QED) is 0.784. The monoisotopic (exact) mass is 416 g/mol. The summed E-state index contributed by atoms with van der Waals surface area (Å²) >= 11 is 5.94. The van der Waals surface area contributed by atoms with Gasteiger partial charge in [0.05, 0.1) is 7.11 Å². The van der Waals surface area contributed by atoms with E-state index in [0.717, 1.165) is 18.8 Å². The van der Waals surface area contributed by atoms with Crippen LogP contribution in [0.1, 0.15) is 6.92 Å². The van der Waals surface area contributed by atoms with Crippen molar-refractivity contribution in [2.24, 2.45) is 0 Å². The van der Waals surface area contributed by atoms with E-state index in [1.807, 2.05) is 24.3 Å². The molecule has 0 spiro atoms. The molecule has 3 rings (SSSR count). The van der Waals surface area contributed by atoms with E-state index in [1.165, 1.54) is 0 Å². The number of anilines is 2. The van der Waals surface area contributed by atoms with Crippen LogP contribution in [0.15, 0.2) is 48.5 Å². The molecule has 1 atom stereocenters. The van der Waals surface area contributed by atoms with E-state index >= 15 is 0 Å². The molecule has 2 N–H and O–H groups in total. The van der Waals surface area contributed by atoms with Gasteiger partial charge >= 0.3 is 6.03 Å². The van der Waals surface area contributed by atoms with Crippen LogP contribution in [0.3, 0.4) is 0 Å². The maximum Gasteiger partial charge on any atom is 0.318 e. The van der Waals surface area contributed by atoms with Gasteiger partial charge in [-0.1, -0.05) is 17.7 Å². The summed E-state index contributed by atoms with van der Waals surface area (Å²) < 4.78 is 5.15. The molecule has 154 valence electrons. The first-order valence-electron chi connectivity index (χ1n) is 9.47. The summed E-state index contributed by atoms with van der Waals surface area (Å²) in [7, 11) is 1.57. The number of halogens is 1. The third-order valence-corrected chi connectivity index (χ3v) is 5.08. The molecule has 0 aliphatic carbocycles. The highest BCUT2D eigenvalue weighted by molar-refractivity contribution is 6.30. The Kier molecular flexibility index (Phi) is 6.82. The van der Waals surface area contributed by atoms with Gasteiger partial charge in [-0.25, -0.2) is 4.79 Å². The summed E-state index contributed by atoms with van der Waals surface area (Å²) in [5, 5.41) is 6.26. The number of rotatable bonds is 5. The van der Waals surface area contributed by atoms with Crippen LogP contribution in [0.2, 0.25) is 5.02 Å². The number of benzene rings is 2. The van der Waals surface area contributed by atoms with Gasteiger partial charge in [0.2, 0.25) is 5.91 Å². The lowest BCUT2D eigenvalue weighted by Crippen LogP contribution is -2.54. The minimum Gasteiger partial charge on any atom is -0.497 e. The first-order chi connectivity index (χ1) is 14.0. The van der Waals surface area contributed by atoms with E-state index < -0.39 is 6.04 Å². The number of carbonyl (C=O) groups excluding carboxylic acids is 2.